The van der Waals surface area contributed by atoms with E-state index in [0.29, 0.717) is 6.54 Å². The summed E-state index contributed by atoms with van der Waals surface area (Å²) in [6.07, 6.45) is 0.838. The molecule has 0 fully saturated rings. The van der Waals surface area contributed by atoms with E-state index in [4.69, 9.17) is 5.73 Å². The normalized spacial score (nSPS) is 10.5. The van der Waals surface area contributed by atoms with Gasteiger partial charge in [0.05, 0.1) is 5.69 Å². The van der Waals surface area contributed by atoms with Gasteiger partial charge in [-0.3, -0.25) is 0 Å². The second kappa shape index (κ2) is 5.29. The van der Waals surface area contributed by atoms with E-state index in [1.807, 2.05) is 0 Å². The molecule has 0 aliphatic carbocycles. The van der Waals surface area contributed by atoms with E-state index >= 15 is 0 Å². The van der Waals surface area contributed by atoms with Crippen molar-refractivity contribution in [3.05, 3.63) is 40.4 Å². The molecule has 90 valence electrons. The van der Waals surface area contributed by atoms with Crippen LogP contribution in [0.3, 0.4) is 0 Å². The van der Waals surface area contributed by atoms with Crippen molar-refractivity contribution in [3.8, 4) is 0 Å². The number of thiazole rings is 1. The molecular weight excluding hydrogens is 230 g/mol. The minimum absolute atomic E-state index is 0.645. The van der Waals surface area contributed by atoms with Crippen LogP contribution in [0.1, 0.15) is 16.8 Å². The minimum Gasteiger partial charge on any atom is -0.331 e. The van der Waals surface area contributed by atoms with Crippen molar-refractivity contribution in [2.45, 2.75) is 20.3 Å². The predicted molar refractivity (Wildman–Crippen MR) is 74.1 cm³/mol. The number of nitrogens with one attached hydrogen (secondary N) is 1. The highest BCUT2D eigenvalue weighted by molar-refractivity contribution is 7.13. The first kappa shape index (κ1) is 12.1. The third-order valence-electron chi connectivity index (χ3n) is 2.59. The average molecular weight is 247 g/mol. The molecule has 0 amide bonds. The van der Waals surface area contributed by atoms with E-state index in [9.17, 15) is 0 Å². The zero-order chi connectivity index (χ0) is 12.3. The number of hydrogen-bond donors (Lipinski definition) is 2. The van der Waals surface area contributed by atoms with Crippen LogP contribution in [0.15, 0.2) is 23.6 Å². The average Bonchev–Trinajstić information content (AvgIpc) is 2.72. The highest BCUT2D eigenvalue weighted by atomic mass is 32.1. The van der Waals surface area contributed by atoms with Gasteiger partial charge in [-0.2, -0.15) is 0 Å². The van der Waals surface area contributed by atoms with Gasteiger partial charge in [0.1, 0.15) is 0 Å². The van der Waals surface area contributed by atoms with Gasteiger partial charge in [0.2, 0.25) is 0 Å². The largest absolute Gasteiger partial charge is 0.331 e. The van der Waals surface area contributed by atoms with E-state index in [1.54, 1.807) is 11.3 Å². The van der Waals surface area contributed by atoms with E-state index in [2.05, 4.69) is 47.7 Å². The van der Waals surface area contributed by atoms with E-state index in [0.717, 1.165) is 22.9 Å². The number of benzene rings is 1. The number of nitrogens with zero attached hydrogens (tertiary/aromatic N) is 1. The molecule has 1 aromatic heterocycles. The fraction of sp³-hybridized carbons (Fsp3) is 0.308. The lowest BCUT2D eigenvalue weighted by atomic mass is 10.1. The monoisotopic (exact) mass is 247 g/mol. The quantitative estimate of drug-likeness (QED) is 0.873. The van der Waals surface area contributed by atoms with Crippen molar-refractivity contribution >= 4 is 22.2 Å². The van der Waals surface area contributed by atoms with Gasteiger partial charge >= 0.3 is 0 Å². The summed E-state index contributed by atoms with van der Waals surface area (Å²) in [5.41, 5.74) is 10.2. The maximum absolute atomic E-state index is 5.51. The van der Waals surface area contributed by atoms with Crippen LogP contribution in [0.25, 0.3) is 0 Å². The van der Waals surface area contributed by atoms with Crippen LogP contribution in [0.5, 0.6) is 0 Å². The number of rotatable bonds is 4. The molecule has 1 aromatic carbocycles. The SMILES string of the molecule is Cc1ccc(C)c(Nc2nc(CCN)cs2)c1. The molecule has 2 aromatic rings. The van der Waals surface area contributed by atoms with Crippen LogP contribution >= 0.6 is 11.3 Å². The van der Waals surface area contributed by atoms with Crippen LogP contribution < -0.4 is 11.1 Å². The van der Waals surface area contributed by atoms with Gasteiger partial charge in [0, 0.05) is 17.5 Å². The second-order valence-electron chi connectivity index (χ2n) is 4.13. The molecular formula is C13H17N3S. The first-order valence-corrected chi connectivity index (χ1v) is 6.56. The summed E-state index contributed by atoms with van der Waals surface area (Å²) in [5.74, 6) is 0. The Hall–Kier alpha value is -1.39. The molecule has 0 bridgehead atoms. The van der Waals surface area contributed by atoms with Gasteiger partial charge in [-0.15, -0.1) is 11.3 Å². The van der Waals surface area contributed by atoms with Gasteiger partial charge in [0.15, 0.2) is 5.13 Å². The molecule has 0 aliphatic rings. The zero-order valence-corrected chi connectivity index (χ0v) is 11.0. The predicted octanol–water partition coefficient (Wildman–Crippen LogP) is 3.00. The first-order valence-electron chi connectivity index (χ1n) is 5.68. The maximum Gasteiger partial charge on any atom is 0.187 e. The Morgan fingerprint density at radius 2 is 2.18 bits per heavy atom. The second-order valence-corrected chi connectivity index (χ2v) is 4.98. The summed E-state index contributed by atoms with van der Waals surface area (Å²) in [7, 11) is 0. The Bertz CT molecular complexity index is 505. The standard InChI is InChI=1S/C13H17N3S/c1-9-3-4-10(2)12(7-9)16-13-15-11(5-6-14)8-17-13/h3-4,7-8H,5-6,14H2,1-2H3,(H,15,16). The fourth-order valence-corrected chi connectivity index (χ4v) is 2.37. The highest BCUT2D eigenvalue weighted by Gasteiger charge is 2.04. The zero-order valence-electron chi connectivity index (χ0n) is 10.2. The third kappa shape index (κ3) is 3.05. The highest BCUT2D eigenvalue weighted by Crippen LogP contribution is 2.24. The molecule has 3 nitrogen and oxygen atoms in total. The fourth-order valence-electron chi connectivity index (χ4n) is 1.61. The summed E-state index contributed by atoms with van der Waals surface area (Å²) in [6, 6.07) is 6.37. The van der Waals surface area contributed by atoms with E-state index in [-0.39, 0.29) is 0 Å². The molecule has 0 saturated heterocycles. The van der Waals surface area contributed by atoms with Gasteiger partial charge in [0.25, 0.3) is 0 Å². The number of hydrogen-bond acceptors (Lipinski definition) is 4. The Balaban J connectivity index is 2.16. The Labute approximate surface area is 106 Å². The topological polar surface area (TPSA) is 50.9 Å². The van der Waals surface area contributed by atoms with Crippen LogP contribution in [-0.4, -0.2) is 11.5 Å². The van der Waals surface area contributed by atoms with Crippen LogP contribution in [0.2, 0.25) is 0 Å². The molecule has 0 radical (unpaired) electrons. The maximum atomic E-state index is 5.51. The van der Waals surface area contributed by atoms with Crippen LogP contribution in [-0.2, 0) is 6.42 Å². The van der Waals surface area contributed by atoms with Crippen LogP contribution in [0, 0.1) is 13.8 Å². The molecule has 17 heavy (non-hydrogen) atoms. The molecule has 0 atom stereocenters. The van der Waals surface area contributed by atoms with Crippen molar-refractivity contribution in [2.75, 3.05) is 11.9 Å². The Morgan fingerprint density at radius 1 is 1.35 bits per heavy atom. The molecule has 0 saturated carbocycles. The van der Waals surface area contributed by atoms with Crippen molar-refractivity contribution < 1.29 is 0 Å². The van der Waals surface area contributed by atoms with Gasteiger partial charge in [-0.25, -0.2) is 4.98 Å². The number of aryl methyl sites for hydroxylation is 2. The molecule has 0 aliphatic heterocycles. The minimum atomic E-state index is 0.645. The Morgan fingerprint density at radius 3 is 2.94 bits per heavy atom. The summed E-state index contributed by atoms with van der Waals surface area (Å²) in [4.78, 5) is 4.49. The van der Waals surface area contributed by atoms with Gasteiger partial charge in [-0.05, 0) is 37.6 Å². The van der Waals surface area contributed by atoms with E-state index < -0.39 is 0 Å². The lowest BCUT2D eigenvalue weighted by Gasteiger charge is -2.07. The number of aromatic nitrogens is 1. The number of anilines is 2. The summed E-state index contributed by atoms with van der Waals surface area (Å²) in [5, 5.41) is 6.35. The number of nitrogens with two attached hydrogens (primary N) is 1. The lowest BCUT2D eigenvalue weighted by Crippen LogP contribution is -2.03. The molecule has 1 heterocycles. The van der Waals surface area contributed by atoms with Crippen molar-refractivity contribution in [3.63, 3.8) is 0 Å². The summed E-state index contributed by atoms with van der Waals surface area (Å²) in [6.45, 7) is 4.83. The van der Waals surface area contributed by atoms with Gasteiger partial charge < -0.3 is 11.1 Å². The smallest absolute Gasteiger partial charge is 0.187 e. The van der Waals surface area contributed by atoms with E-state index in [1.165, 1.54) is 11.1 Å². The van der Waals surface area contributed by atoms with Gasteiger partial charge in [-0.1, -0.05) is 12.1 Å². The van der Waals surface area contributed by atoms with Crippen molar-refractivity contribution in [2.24, 2.45) is 5.73 Å². The Kier molecular flexibility index (Phi) is 3.76. The van der Waals surface area contributed by atoms with Crippen molar-refractivity contribution in [1.82, 2.24) is 4.98 Å². The van der Waals surface area contributed by atoms with Crippen molar-refractivity contribution in [1.29, 1.82) is 0 Å². The molecule has 4 heteroatoms. The van der Waals surface area contributed by atoms with Crippen LogP contribution in [0.4, 0.5) is 10.8 Å². The summed E-state index contributed by atoms with van der Waals surface area (Å²) < 4.78 is 0. The summed E-state index contributed by atoms with van der Waals surface area (Å²) >= 11 is 1.62. The molecule has 0 unspecified atom stereocenters. The molecule has 3 N–H and O–H groups in total. The molecule has 2 rings (SSSR count). The third-order valence-corrected chi connectivity index (χ3v) is 3.39. The lowest BCUT2D eigenvalue weighted by molar-refractivity contribution is 0.936. The molecule has 0 spiro atoms. The first-order chi connectivity index (χ1) is 8.19.